The Bertz CT molecular complexity index is 837. The molecule has 7 nitrogen and oxygen atoms in total. The highest BCUT2D eigenvalue weighted by molar-refractivity contribution is 7.89. The average molecular weight is 425 g/mol. The predicted octanol–water partition coefficient (Wildman–Crippen LogP) is 2.96. The van der Waals surface area contributed by atoms with Crippen molar-refractivity contribution in [2.45, 2.75) is 76.5 Å². The van der Waals surface area contributed by atoms with Crippen LogP contribution in [0.3, 0.4) is 0 Å². The Kier molecular flexibility index (Phi) is 7.82. The van der Waals surface area contributed by atoms with Gasteiger partial charge in [-0.05, 0) is 57.7 Å². The number of nitrogens with one attached hydrogen (secondary N) is 1. The quantitative estimate of drug-likeness (QED) is 0.680. The summed E-state index contributed by atoms with van der Waals surface area (Å²) in [7, 11) is -2.23. The summed E-state index contributed by atoms with van der Waals surface area (Å²) in [5, 5.41) is 2.97. The lowest BCUT2D eigenvalue weighted by molar-refractivity contribution is -0.130. The lowest BCUT2D eigenvalue weighted by Gasteiger charge is -2.30. The second-order valence-electron chi connectivity index (χ2n) is 8.07. The summed E-state index contributed by atoms with van der Waals surface area (Å²) in [6, 6.07) is 5.56. The first-order valence-electron chi connectivity index (χ1n) is 10.1. The zero-order chi connectivity index (χ0) is 21.8. The number of esters is 1. The van der Waals surface area contributed by atoms with Crippen molar-refractivity contribution in [1.29, 1.82) is 0 Å². The molecule has 2 rings (SSSR count). The SMILES string of the molecule is CC(C)N(C)S(=O)(=O)c1cccc(C(=O)O[C@H](C)C(=O)N[C@H]2CCCC[C@H]2C)c1. The summed E-state index contributed by atoms with van der Waals surface area (Å²) in [5.41, 5.74) is 0.0916. The number of ether oxygens (including phenoxy) is 1. The van der Waals surface area contributed by atoms with E-state index in [9.17, 15) is 18.0 Å². The number of sulfonamides is 1. The van der Waals surface area contributed by atoms with Gasteiger partial charge < -0.3 is 10.1 Å². The van der Waals surface area contributed by atoms with Gasteiger partial charge in [0.15, 0.2) is 6.10 Å². The number of amides is 1. The summed E-state index contributed by atoms with van der Waals surface area (Å²) in [5.74, 6) is -0.663. The molecule has 29 heavy (non-hydrogen) atoms. The van der Waals surface area contributed by atoms with Crippen LogP contribution in [0.4, 0.5) is 0 Å². The summed E-state index contributed by atoms with van der Waals surface area (Å²) in [6.45, 7) is 7.17. The van der Waals surface area contributed by atoms with Crippen LogP contribution in [0.5, 0.6) is 0 Å². The molecule has 1 saturated carbocycles. The Balaban J connectivity index is 2.06. The van der Waals surface area contributed by atoms with Gasteiger partial charge >= 0.3 is 5.97 Å². The van der Waals surface area contributed by atoms with E-state index >= 15 is 0 Å². The van der Waals surface area contributed by atoms with Crippen molar-refractivity contribution in [3.63, 3.8) is 0 Å². The molecule has 1 aliphatic carbocycles. The number of carbonyl (C=O) groups is 2. The lowest BCUT2D eigenvalue weighted by atomic mass is 9.86. The molecule has 0 saturated heterocycles. The number of rotatable bonds is 7. The average Bonchev–Trinajstić information content (AvgIpc) is 2.68. The molecular formula is C21H32N2O5S. The Morgan fingerprint density at radius 3 is 2.45 bits per heavy atom. The first kappa shape index (κ1) is 23.3. The van der Waals surface area contributed by atoms with Crippen molar-refractivity contribution < 1.29 is 22.7 Å². The molecule has 0 radical (unpaired) electrons. The van der Waals surface area contributed by atoms with Crippen molar-refractivity contribution in [3.05, 3.63) is 29.8 Å². The smallest absolute Gasteiger partial charge is 0.338 e. The maximum absolute atomic E-state index is 12.6. The first-order valence-corrected chi connectivity index (χ1v) is 11.6. The van der Waals surface area contributed by atoms with E-state index in [1.165, 1.54) is 49.0 Å². The topological polar surface area (TPSA) is 92.8 Å². The van der Waals surface area contributed by atoms with Crippen LogP contribution in [0.1, 0.15) is 63.7 Å². The number of carbonyl (C=O) groups excluding carboxylic acids is 2. The third-order valence-corrected chi connectivity index (χ3v) is 7.60. The van der Waals surface area contributed by atoms with Crippen LogP contribution < -0.4 is 5.32 Å². The second-order valence-corrected chi connectivity index (χ2v) is 10.1. The summed E-state index contributed by atoms with van der Waals surface area (Å²) >= 11 is 0. The van der Waals surface area contributed by atoms with Crippen LogP contribution in [-0.2, 0) is 19.6 Å². The van der Waals surface area contributed by atoms with E-state index in [1.54, 1.807) is 13.8 Å². The van der Waals surface area contributed by atoms with E-state index in [0.29, 0.717) is 5.92 Å². The number of hydrogen-bond acceptors (Lipinski definition) is 5. The van der Waals surface area contributed by atoms with E-state index in [1.807, 2.05) is 0 Å². The van der Waals surface area contributed by atoms with Gasteiger partial charge in [-0.1, -0.05) is 25.8 Å². The standard InChI is InChI=1S/C21H32N2O5S/c1-14(2)23(5)29(26,27)18-11-8-10-17(13-18)21(25)28-16(4)20(24)22-19-12-7-6-9-15(19)3/h8,10-11,13-16,19H,6-7,9,12H2,1-5H3,(H,22,24)/t15-,16-,19+/m1/s1. The highest BCUT2D eigenvalue weighted by Crippen LogP contribution is 2.24. The number of nitrogens with zero attached hydrogens (tertiary/aromatic N) is 1. The largest absolute Gasteiger partial charge is 0.449 e. The van der Waals surface area contributed by atoms with Crippen LogP contribution in [0.2, 0.25) is 0 Å². The minimum Gasteiger partial charge on any atom is -0.449 e. The maximum atomic E-state index is 12.6. The van der Waals surface area contributed by atoms with Gasteiger partial charge in [0.2, 0.25) is 10.0 Å². The van der Waals surface area contributed by atoms with Crippen LogP contribution >= 0.6 is 0 Å². The van der Waals surface area contributed by atoms with E-state index < -0.39 is 22.1 Å². The molecule has 0 bridgehead atoms. The van der Waals surface area contributed by atoms with Gasteiger partial charge in [-0.15, -0.1) is 0 Å². The highest BCUT2D eigenvalue weighted by Gasteiger charge is 2.28. The van der Waals surface area contributed by atoms with E-state index in [-0.39, 0.29) is 28.4 Å². The van der Waals surface area contributed by atoms with Gasteiger partial charge in [0.1, 0.15) is 0 Å². The van der Waals surface area contributed by atoms with Crippen LogP contribution in [-0.4, -0.2) is 49.8 Å². The van der Waals surface area contributed by atoms with Crippen molar-refractivity contribution in [3.8, 4) is 0 Å². The molecule has 1 aromatic carbocycles. The molecule has 0 aliphatic heterocycles. The van der Waals surface area contributed by atoms with Gasteiger partial charge in [-0.2, -0.15) is 4.31 Å². The molecular weight excluding hydrogens is 392 g/mol. The third kappa shape index (κ3) is 5.79. The minimum atomic E-state index is -3.72. The summed E-state index contributed by atoms with van der Waals surface area (Å²) < 4.78 is 31.8. The van der Waals surface area contributed by atoms with Crippen molar-refractivity contribution in [2.24, 2.45) is 5.92 Å². The van der Waals surface area contributed by atoms with Crippen LogP contribution in [0, 0.1) is 5.92 Å². The molecule has 0 spiro atoms. The Labute approximate surface area is 173 Å². The lowest BCUT2D eigenvalue weighted by Crippen LogP contribution is -2.46. The zero-order valence-corrected chi connectivity index (χ0v) is 18.7. The molecule has 1 aromatic rings. The molecule has 8 heteroatoms. The van der Waals surface area contributed by atoms with Crippen LogP contribution in [0.25, 0.3) is 0 Å². The van der Waals surface area contributed by atoms with Gasteiger partial charge in [0, 0.05) is 19.1 Å². The van der Waals surface area contributed by atoms with Gasteiger partial charge in [0.25, 0.3) is 5.91 Å². The number of benzene rings is 1. The molecule has 0 unspecified atom stereocenters. The van der Waals surface area contributed by atoms with Crippen molar-refractivity contribution in [2.75, 3.05) is 7.05 Å². The van der Waals surface area contributed by atoms with Gasteiger partial charge in [-0.25, -0.2) is 13.2 Å². The Morgan fingerprint density at radius 2 is 1.83 bits per heavy atom. The fourth-order valence-electron chi connectivity index (χ4n) is 3.34. The maximum Gasteiger partial charge on any atom is 0.338 e. The van der Waals surface area contributed by atoms with Gasteiger partial charge in [-0.3, -0.25) is 4.79 Å². The van der Waals surface area contributed by atoms with E-state index in [0.717, 1.165) is 19.3 Å². The molecule has 0 aromatic heterocycles. The molecule has 3 atom stereocenters. The molecule has 1 amide bonds. The Morgan fingerprint density at radius 1 is 1.17 bits per heavy atom. The minimum absolute atomic E-state index is 0.0104. The summed E-state index contributed by atoms with van der Waals surface area (Å²) in [4.78, 5) is 24.9. The third-order valence-electron chi connectivity index (χ3n) is 5.57. The highest BCUT2D eigenvalue weighted by atomic mass is 32.2. The first-order chi connectivity index (χ1) is 13.5. The van der Waals surface area contributed by atoms with Crippen molar-refractivity contribution in [1.82, 2.24) is 9.62 Å². The van der Waals surface area contributed by atoms with E-state index in [2.05, 4.69) is 12.2 Å². The zero-order valence-electron chi connectivity index (χ0n) is 17.8. The van der Waals surface area contributed by atoms with Crippen LogP contribution in [0.15, 0.2) is 29.2 Å². The predicted molar refractivity (Wildman–Crippen MR) is 111 cm³/mol. The molecule has 0 heterocycles. The molecule has 1 N–H and O–H groups in total. The molecule has 1 aliphatic rings. The Hall–Kier alpha value is -1.93. The monoisotopic (exact) mass is 424 g/mol. The fourth-order valence-corrected chi connectivity index (χ4v) is 4.75. The molecule has 162 valence electrons. The summed E-state index contributed by atoms with van der Waals surface area (Å²) in [6.07, 6.45) is 3.29. The normalized spacial score (nSPS) is 21.1. The molecule has 1 fully saturated rings. The van der Waals surface area contributed by atoms with E-state index in [4.69, 9.17) is 4.74 Å². The fraction of sp³-hybridized carbons (Fsp3) is 0.619. The number of hydrogen-bond donors (Lipinski definition) is 1. The van der Waals surface area contributed by atoms with Gasteiger partial charge in [0.05, 0.1) is 10.5 Å². The second kappa shape index (κ2) is 9.71. The van der Waals surface area contributed by atoms with Crippen molar-refractivity contribution >= 4 is 21.9 Å².